The van der Waals surface area contributed by atoms with Crippen molar-refractivity contribution in [3.05, 3.63) is 71.9 Å². The zero-order valence-electron chi connectivity index (χ0n) is 12.3. The molecular formula is C15H12ClN7O. The van der Waals surface area contributed by atoms with Crippen molar-refractivity contribution in [3.8, 4) is 22.8 Å². The highest BCUT2D eigenvalue weighted by atomic mass is 35.5. The molecule has 0 aliphatic rings. The summed E-state index contributed by atoms with van der Waals surface area (Å²) in [7, 11) is 0. The molecule has 0 saturated carbocycles. The van der Waals surface area contributed by atoms with Crippen LogP contribution >= 0.6 is 12.4 Å². The molecule has 0 atom stereocenters. The highest BCUT2D eigenvalue weighted by Gasteiger charge is 2.11. The molecule has 0 amide bonds. The Balaban J connectivity index is 0.00000169. The number of nitrogens with one attached hydrogen (secondary N) is 1. The van der Waals surface area contributed by atoms with Crippen LogP contribution < -0.4 is 5.56 Å². The Morgan fingerprint density at radius 1 is 1.08 bits per heavy atom. The van der Waals surface area contributed by atoms with Crippen molar-refractivity contribution in [2.24, 2.45) is 0 Å². The van der Waals surface area contributed by atoms with Crippen molar-refractivity contribution < 1.29 is 0 Å². The lowest BCUT2D eigenvalue weighted by Crippen LogP contribution is -2.17. The minimum absolute atomic E-state index is 0. The van der Waals surface area contributed by atoms with Crippen molar-refractivity contribution in [1.82, 2.24) is 34.5 Å². The molecule has 1 N–H and O–H groups in total. The smallest absolute Gasteiger partial charge is 0.280 e. The number of pyridine rings is 1. The number of hydrogen-bond acceptors (Lipinski definition) is 5. The lowest BCUT2D eigenvalue weighted by atomic mass is 10.2. The largest absolute Gasteiger partial charge is 0.296 e. The normalized spacial score (nSPS) is 10.3. The van der Waals surface area contributed by atoms with Crippen molar-refractivity contribution in [2.45, 2.75) is 0 Å². The van der Waals surface area contributed by atoms with Crippen LogP contribution in [0.4, 0.5) is 0 Å². The third-order valence-electron chi connectivity index (χ3n) is 3.35. The molecule has 0 aliphatic carbocycles. The van der Waals surface area contributed by atoms with E-state index < -0.39 is 0 Å². The molecule has 4 rings (SSSR count). The van der Waals surface area contributed by atoms with E-state index in [9.17, 15) is 4.79 Å². The fourth-order valence-electron chi connectivity index (χ4n) is 2.26. The van der Waals surface area contributed by atoms with Gasteiger partial charge in [-0.1, -0.05) is 6.07 Å². The van der Waals surface area contributed by atoms with Gasteiger partial charge in [0.2, 0.25) is 0 Å². The summed E-state index contributed by atoms with van der Waals surface area (Å²) in [4.78, 5) is 24.9. The van der Waals surface area contributed by atoms with Crippen molar-refractivity contribution >= 4 is 12.4 Å². The fourth-order valence-corrected chi connectivity index (χ4v) is 2.26. The second-order valence-corrected chi connectivity index (χ2v) is 4.75. The average Bonchev–Trinajstić information content (AvgIpc) is 3.26. The summed E-state index contributed by atoms with van der Waals surface area (Å²) >= 11 is 0. The summed E-state index contributed by atoms with van der Waals surface area (Å²) in [5.41, 5.74) is 1.06. The fraction of sp³-hybridized carbons (Fsp3) is 0. The molecule has 4 aromatic rings. The second-order valence-electron chi connectivity index (χ2n) is 4.75. The van der Waals surface area contributed by atoms with Crippen LogP contribution in [0.2, 0.25) is 0 Å². The number of H-pyrrole nitrogens is 1. The predicted octanol–water partition coefficient (Wildman–Crippen LogP) is 1.63. The first-order chi connectivity index (χ1) is 11.3. The van der Waals surface area contributed by atoms with Crippen molar-refractivity contribution in [3.63, 3.8) is 0 Å². The third-order valence-corrected chi connectivity index (χ3v) is 3.35. The lowest BCUT2D eigenvalue weighted by molar-refractivity contribution is 0.789. The van der Waals surface area contributed by atoms with Crippen molar-refractivity contribution in [2.75, 3.05) is 0 Å². The van der Waals surface area contributed by atoms with Crippen molar-refractivity contribution in [1.29, 1.82) is 0 Å². The first-order valence-corrected chi connectivity index (χ1v) is 6.86. The number of aromatic amines is 1. The van der Waals surface area contributed by atoms with Gasteiger partial charge in [0.15, 0.2) is 11.6 Å². The Labute approximate surface area is 142 Å². The molecule has 120 valence electrons. The molecule has 0 bridgehead atoms. The van der Waals surface area contributed by atoms with E-state index in [2.05, 4.69) is 25.1 Å². The molecule has 0 spiro atoms. The third kappa shape index (κ3) is 2.70. The summed E-state index contributed by atoms with van der Waals surface area (Å²) < 4.78 is 2.96. The van der Waals surface area contributed by atoms with Crippen LogP contribution in [0.1, 0.15) is 0 Å². The molecule has 0 aliphatic heterocycles. The number of nitrogens with zero attached hydrogens (tertiary/aromatic N) is 6. The van der Waals surface area contributed by atoms with Crippen LogP contribution in [0.3, 0.4) is 0 Å². The Morgan fingerprint density at radius 2 is 1.96 bits per heavy atom. The summed E-state index contributed by atoms with van der Waals surface area (Å²) in [6, 6.07) is 7.09. The molecule has 0 unspecified atom stereocenters. The van der Waals surface area contributed by atoms with Crippen LogP contribution in [-0.2, 0) is 0 Å². The van der Waals surface area contributed by atoms with Gasteiger partial charge in [-0.2, -0.15) is 5.10 Å². The number of aromatic nitrogens is 7. The van der Waals surface area contributed by atoms with Gasteiger partial charge in [-0.05, 0) is 12.1 Å². The number of halogens is 1. The SMILES string of the molecule is Cl.O=c1c(-c2cccnc2)c[nH]n1-c1cc(-n2cccn2)ncn1. The summed E-state index contributed by atoms with van der Waals surface area (Å²) in [6.45, 7) is 0. The summed E-state index contributed by atoms with van der Waals surface area (Å²) in [6.07, 6.45) is 9.76. The maximum atomic E-state index is 12.6. The number of hydrogen-bond donors (Lipinski definition) is 1. The zero-order valence-corrected chi connectivity index (χ0v) is 13.1. The maximum Gasteiger partial charge on any atom is 0.280 e. The summed E-state index contributed by atoms with van der Waals surface area (Å²) in [5.74, 6) is 1.01. The van der Waals surface area contributed by atoms with Crippen LogP contribution in [0.5, 0.6) is 0 Å². The van der Waals surface area contributed by atoms with Gasteiger partial charge in [-0.25, -0.2) is 19.3 Å². The lowest BCUT2D eigenvalue weighted by Gasteiger charge is -2.03. The summed E-state index contributed by atoms with van der Waals surface area (Å²) in [5, 5.41) is 7.03. The Bertz CT molecular complexity index is 992. The molecule has 0 aromatic carbocycles. The van der Waals surface area contributed by atoms with Crippen LogP contribution in [0, 0.1) is 0 Å². The molecule has 8 nitrogen and oxygen atoms in total. The highest BCUT2D eigenvalue weighted by molar-refractivity contribution is 5.85. The van der Waals surface area contributed by atoms with Gasteiger partial charge >= 0.3 is 0 Å². The van der Waals surface area contributed by atoms with Gasteiger partial charge in [0.05, 0.1) is 5.56 Å². The van der Waals surface area contributed by atoms with Gasteiger partial charge < -0.3 is 0 Å². The molecule has 9 heteroatoms. The Hall–Kier alpha value is -3.26. The molecule has 0 fully saturated rings. The monoisotopic (exact) mass is 341 g/mol. The second kappa shape index (κ2) is 6.47. The molecule has 4 aromatic heterocycles. The van der Waals surface area contributed by atoms with Gasteiger partial charge in [-0.3, -0.25) is 14.9 Å². The van der Waals surface area contributed by atoms with E-state index in [1.165, 1.54) is 11.0 Å². The van der Waals surface area contributed by atoms with Gasteiger partial charge in [-0.15, -0.1) is 12.4 Å². The van der Waals surface area contributed by atoms with Gasteiger partial charge in [0, 0.05) is 42.6 Å². The minimum Gasteiger partial charge on any atom is -0.296 e. The number of rotatable bonds is 3. The predicted molar refractivity (Wildman–Crippen MR) is 89.6 cm³/mol. The quantitative estimate of drug-likeness (QED) is 0.611. The standard InChI is InChI=1S/C15H11N7O.ClH/c23-15-12(11-3-1-4-16-8-11)9-20-22(15)14-7-13(17-10-18-14)21-6-2-5-19-21;/h1-10,20H;1H. The highest BCUT2D eigenvalue weighted by Crippen LogP contribution is 2.14. The molecule has 0 saturated heterocycles. The van der Waals surface area contributed by atoms with E-state index in [1.54, 1.807) is 53.9 Å². The van der Waals surface area contributed by atoms with E-state index in [0.717, 1.165) is 5.56 Å². The van der Waals surface area contributed by atoms with E-state index >= 15 is 0 Å². The first kappa shape index (κ1) is 15.6. The van der Waals surface area contributed by atoms with E-state index in [-0.39, 0.29) is 18.0 Å². The van der Waals surface area contributed by atoms with E-state index in [0.29, 0.717) is 17.2 Å². The molecule has 0 radical (unpaired) electrons. The zero-order chi connectivity index (χ0) is 15.6. The molecular weight excluding hydrogens is 330 g/mol. The minimum atomic E-state index is -0.205. The van der Waals surface area contributed by atoms with E-state index in [4.69, 9.17) is 0 Å². The molecule has 24 heavy (non-hydrogen) atoms. The van der Waals surface area contributed by atoms with E-state index in [1.807, 2.05) is 6.07 Å². The van der Waals surface area contributed by atoms with Gasteiger partial charge in [0.25, 0.3) is 5.56 Å². The Kier molecular flexibility index (Phi) is 4.21. The topological polar surface area (TPSA) is 94.3 Å². The maximum absolute atomic E-state index is 12.6. The Morgan fingerprint density at radius 3 is 2.71 bits per heavy atom. The van der Waals surface area contributed by atoms with Gasteiger partial charge in [0.1, 0.15) is 6.33 Å². The molecule has 4 heterocycles. The average molecular weight is 342 g/mol. The first-order valence-electron chi connectivity index (χ1n) is 6.86. The van der Waals surface area contributed by atoms with Crippen LogP contribution in [0.15, 0.2) is 66.4 Å². The van der Waals surface area contributed by atoms with Crippen LogP contribution in [0.25, 0.3) is 22.8 Å². The van der Waals surface area contributed by atoms with Crippen LogP contribution in [-0.4, -0.2) is 34.5 Å².